The van der Waals surface area contributed by atoms with Gasteiger partial charge in [-0.1, -0.05) is 30.6 Å². The van der Waals surface area contributed by atoms with Crippen LogP contribution < -0.4 is 5.32 Å². The number of nitrogens with zero attached hydrogens (tertiary/aromatic N) is 1. The zero-order valence-electron chi connectivity index (χ0n) is 11.6. The number of anilines is 1. The average molecular weight is 375 g/mol. The second-order valence-corrected chi connectivity index (χ2v) is 5.32. The van der Waals surface area contributed by atoms with Gasteiger partial charge in [-0.05, 0) is 18.2 Å². The van der Waals surface area contributed by atoms with E-state index in [4.69, 9.17) is 28.3 Å². The van der Waals surface area contributed by atoms with E-state index in [0.717, 1.165) is 12.3 Å². The summed E-state index contributed by atoms with van der Waals surface area (Å²) in [4.78, 5) is 34.5. The molecule has 1 amide bonds. The standard InChI is InChI=1S/C14H9Cl2FN2O4.CH4/c1-19-5-7(12(20)14(22)23)10(16)11(19)13(21)18-6-2-3-9(17)8(15)4-6;/h2-5H,1H3,(H,18,21)(H,22,23);1H4. The highest BCUT2D eigenvalue weighted by Crippen LogP contribution is 2.25. The summed E-state index contributed by atoms with van der Waals surface area (Å²) < 4.78 is 14.3. The Bertz CT molecular complexity index is 833. The zero-order valence-corrected chi connectivity index (χ0v) is 13.1. The van der Waals surface area contributed by atoms with Crippen LogP contribution >= 0.6 is 23.2 Å². The zero-order chi connectivity index (χ0) is 17.3. The number of amides is 1. The van der Waals surface area contributed by atoms with Crippen molar-refractivity contribution in [1.82, 2.24) is 4.57 Å². The van der Waals surface area contributed by atoms with Crippen molar-refractivity contribution < 1.29 is 23.9 Å². The molecule has 2 rings (SSSR count). The first-order valence-electron chi connectivity index (χ1n) is 6.11. The lowest BCUT2D eigenvalue weighted by atomic mass is 10.2. The predicted molar refractivity (Wildman–Crippen MR) is 88.5 cm³/mol. The number of carboxylic acid groups (broad SMARTS) is 1. The Kier molecular flexibility index (Phi) is 6.11. The van der Waals surface area contributed by atoms with Crippen molar-refractivity contribution in [3.8, 4) is 0 Å². The molecule has 0 spiro atoms. The summed E-state index contributed by atoms with van der Waals surface area (Å²) in [5.74, 6) is -4.26. The summed E-state index contributed by atoms with van der Waals surface area (Å²) in [7, 11) is 1.43. The second kappa shape index (κ2) is 7.46. The maximum Gasteiger partial charge on any atom is 0.377 e. The van der Waals surface area contributed by atoms with Crippen molar-refractivity contribution in [3.05, 3.63) is 51.5 Å². The van der Waals surface area contributed by atoms with Crippen LogP contribution in [0.4, 0.5) is 10.1 Å². The van der Waals surface area contributed by atoms with Gasteiger partial charge in [-0.25, -0.2) is 9.18 Å². The third-order valence-electron chi connectivity index (χ3n) is 2.95. The fourth-order valence-electron chi connectivity index (χ4n) is 1.89. The Morgan fingerprint density at radius 1 is 1.25 bits per heavy atom. The molecule has 0 radical (unpaired) electrons. The number of carbonyl (C=O) groups is 3. The lowest BCUT2D eigenvalue weighted by Crippen LogP contribution is -2.16. The number of carbonyl (C=O) groups excluding carboxylic acids is 2. The van der Waals surface area contributed by atoms with Crippen molar-refractivity contribution in [2.24, 2.45) is 7.05 Å². The number of ketones is 1. The van der Waals surface area contributed by atoms with Gasteiger partial charge in [0.15, 0.2) is 0 Å². The number of Topliss-reactive ketones (excluding diaryl/α,β-unsaturated/α-hetero) is 1. The summed E-state index contributed by atoms with van der Waals surface area (Å²) in [6, 6.07) is 3.57. The van der Waals surface area contributed by atoms with E-state index in [1.165, 1.54) is 23.7 Å². The molecule has 24 heavy (non-hydrogen) atoms. The molecule has 128 valence electrons. The van der Waals surface area contributed by atoms with Gasteiger partial charge in [0.25, 0.3) is 11.7 Å². The first-order valence-corrected chi connectivity index (χ1v) is 6.86. The highest BCUT2D eigenvalue weighted by molar-refractivity contribution is 6.46. The summed E-state index contributed by atoms with van der Waals surface area (Å²) >= 11 is 11.6. The molecule has 0 bridgehead atoms. The fraction of sp³-hybridized carbons (Fsp3) is 0.133. The number of aryl methyl sites for hydroxylation is 1. The van der Waals surface area contributed by atoms with Gasteiger partial charge in [0.2, 0.25) is 0 Å². The van der Waals surface area contributed by atoms with E-state index in [2.05, 4.69) is 5.32 Å². The number of carboxylic acids is 1. The molecule has 0 saturated carbocycles. The minimum absolute atomic E-state index is 0. The summed E-state index contributed by atoms with van der Waals surface area (Å²) in [5, 5.41) is 10.7. The number of benzene rings is 1. The normalized spacial score (nSPS) is 10.0. The van der Waals surface area contributed by atoms with E-state index in [0.29, 0.717) is 0 Å². The molecule has 1 aromatic carbocycles. The molecule has 2 aromatic rings. The lowest BCUT2D eigenvalue weighted by Gasteiger charge is -2.07. The van der Waals surface area contributed by atoms with Crippen molar-refractivity contribution in [2.45, 2.75) is 7.43 Å². The molecule has 6 nitrogen and oxygen atoms in total. The Balaban J connectivity index is 0.00000288. The molecule has 0 atom stereocenters. The highest BCUT2D eigenvalue weighted by atomic mass is 35.5. The monoisotopic (exact) mass is 374 g/mol. The van der Waals surface area contributed by atoms with Crippen LogP contribution in [0.5, 0.6) is 0 Å². The Morgan fingerprint density at radius 3 is 2.42 bits per heavy atom. The summed E-state index contributed by atoms with van der Waals surface area (Å²) in [5.41, 5.74) is -0.203. The van der Waals surface area contributed by atoms with Gasteiger partial charge in [-0.3, -0.25) is 9.59 Å². The van der Waals surface area contributed by atoms with Crippen molar-refractivity contribution >= 4 is 46.5 Å². The molecule has 0 fully saturated rings. The first-order chi connectivity index (χ1) is 10.7. The minimum Gasteiger partial charge on any atom is -0.475 e. The van der Waals surface area contributed by atoms with Crippen LogP contribution in [0.2, 0.25) is 10.0 Å². The molecule has 2 N–H and O–H groups in total. The third-order valence-corrected chi connectivity index (χ3v) is 3.62. The molecule has 0 aliphatic heterocycles. The molecule has 0 saturated heterocycles. The van der Waals surface area contributed by atoms with Crippen molar-refractivity contribution in [3.63, 3.8) is 0 Å². The van der Waals surface area contributed by atoms with Crippen LogP contribution in [0.1, 0.15) is 28.3 Å². The van der Waals surface area contributed by atoms with Crippen LogP contribution in [0, 0.1) is 5.82 Å². The van der Waals surface area contributed by atoms with E-state index < -0.39 is 23.5 Å². The number of halogens is 3. The Labute approximate surface area is 146 Å². The number of hydrogen-bond donors (Lipinski definition) is 2. The minimum atomic E-state index is -1.69. The van der Waals surface area contributed by atoms with Crippen molar-refractivity contribution in [1.29, 1.82) is 0 Å². The van der Waals surface area contributed by atoms with Gasteiger partial charge < -0.3 is 15.0 Å². The number of aliphatic carboxylic acids is 1. The van der Waals surface area contributed by atoms with Crippen LogP contribution in [0.3, 0.4) is 0 Å². The number of rotatable bonds is 4. The smallest absolute Gasteiger partial charge is 0.377 e. The number of hydrogen-bond acceptors (Lipinski definition) is 3. The van der Waals surface area contributed by atoms with E-state index in [9.17, 15) is 18.8 Å². The molecular formula is C15H13Cl2FN2O4. The average Bonchev–Trinajstić information content (AvgIpc) is 2.77. The Morgan fingerprint density at radius 2 is 1.88 bits per heavy atom. The van der Waals surface area contributed by atoms with Gasteiger partial charge >= 0.3 is 5.97 Å². The van der Waals surface area contributed by atoms with E-state index in [-0.39, 0.29) is 34.4 Å². The maximum atomic E-state index is 13.1. The Hall–Kier alpha value is -2.38. The second-order valence-electron chi connectivity index (χ2n) is 4.53. The number of aromatic nitrogens is 1. The van der Waals surface area contributed by atoms with Gasteiger partial charge in [0, 0.05) is 18.9 Å². The van der Waals surface area contributed by atoms with Gasteiger partial charge in [0.05, 0.1) is 15.6 Å². The van der Waals surface area contributed by atoms with Crippen LogP contribution in [-0.2, 0) is 11.8 Å². The van der Waals surface area contributed by atoms with Crippen LogP contribution in [0.15, 0.2) is 24.4 Å². The van der Waals surface area contributed by atoms with E-state index in [1.54, 1.807) is 0 Å². The summed E-state index contributed by atoms with van der Waals surface area (Å²) in [6.07, 6.45) is 1.14. The molecule has 1 aromatic heterocycles. The van der Waals surface area contributed by atoms with E-state index >= 15 is 0 Å². The van der Waals surface area contributed by atoms with Gasteiger partial charge in [0.1, 0.15) is 11.5 Å². The van der Waals surface area contributed by atoms with Gasteiger partial charge in [-0.15, -0.1) is 0 Å². The predicted octanol–water partition coefficient (Wildman–Crippen LogP) is 3.63. The molecule has 0 aliphatic carbocycles. The molecule has 1 heterocycles. The lowest BCUT2D eigenvalue weighted by molar-refractivity contribution is -0.131. The van der Waals surface area contributed by atoms with Crippen LogP contribution in [-0.4, -0.2) is 27.3 Å². The largest absolute Gasteiger partial charge is 0.475 e. The highest BCUT2D eigenvalue weighted by Gasteiger charge is 2.26. The fourth-order valence-corrected chi connectivity index (χ4v) is 2.43. The molecular weight excluding hydrogens is 362 g/mol. The maximum absolute atomic E-state index is 13.1. The topological polar surface area (TPSA) is 88.4 Å². The van der Waals surface area contributed by atoms with Crippen molar-refractivity contribution in [2.75, 3.05) is 5.32 Å². The molecule has 0 aliphatic rings. The van der Waals surface area contributed by atoms with Gasteiger partial charge in [-0.2, -0.15) is 0 Å². The van der Waals surface area contributed by atoms with E-state index in [1.807, 2.05) is 0 Å². The quantitative estimate of drug-likeness (QED) is 0.631. The SMILES string of the molecule is C.Cn1cc(C(=O)C(=O)O)c(Cl)c1C(=O)Nc1ccc(F)c(Cl)c1. The number of nitrogens with one attached hydrogen (secondary N) is 1. The van der Waals surface area contributed by atoms with Crippen LogP contribution in [0.25, 0.3) is 0 Å². The molecule has 9 heteroatoms. The third kappa shape index (κ3) is 3.74. The first kappa shape index (κ1) is 19.7. The molecule has 0 unspecified atom stereocenters. The summed E-state index contributed by atoms with van der Waals surface area (Å²) in [6.45, 7) is 0.